The molecule has 0 aliphatic rings. The molecule has 2 atom stereocenters. The van der Waals surface area contributed by atoms with Crippen LogP contribution >= 0.6 is 0 Å². The Morgan fingerprint density at radius 2 is 1.85 bits per heavy atom. The van der Waals surface area contributed by atoms with Gasteiger partial charge in [-0.2, -0.15) is 0 Å². The van der Waals surface area contributed by atoms with E-state index in [0.717, 1.165) is 0 Å². The second-order valence-corrected chi connectivity index (χ2v) is 5.26. The molecule has 2 unspecified atom stereocenters. The van der Waals surface area contributed by atoms with Crippen LogP contribution in [0.3, 0.4) is 0 Å². The van der Waals surface area contributed by atoms with Gasteiger partial charge in [0.25, 0.3) is 0 Å². The minimum absolute atomic E-state index is 0.0175. The summed E-state index contributed by atoms with van der Waals surface area (Å²) in [4.78, 5) is 23.6. The molecule has 0 aliphatic heterocycles. The molecule has 20 heavy (non-hydrogen) atoms. The van der Waals surface area contributed by atoms with Crippen LogP contribution < -0.4 is 16.0 Å². The average Bonchev–Trinajstić information content (AvgIpc) is 2.39. The molecule has 0 saturated carbocycles. The van der Waals surface area contributed by atoms with Gasteiger partial charge in [0.15, 0.2) is 0 Å². The molecular formula is C14H29N3O3. The molecule has 2 amide bonds. The number of amides is 2. The summed E-state index contributed by atoms with van der Waals surface area (Å²) in [7, 11) is 3.30. The summed E-state index contributed by atoms with van der Waals surface area (Å²) in [5.41, 5.74) is 0. The van der Waals surface area contributed by atoms with Gasteiger partial charge in [-0.15, -0.1) is 0 Å². The Bertz CT molecular complexity index is 295. The van der Waals surface area contributed by atoms with Crippen LogP contribution in [0.2, 0.25) is 0 Å². The van der Waals surface area contributed by atoms with Gasteiger partial charge in [0.05, 0.1) is 12.6 Å². The normalized spacial score (nSPS) is 13.9. The van der Waals surface area contributed by atoms with Gasteiger partial charge in [-0.05, 0) is 26.3 Å². The zero-order chi connectivity index (χ0) is 15.5. The fourth-order valence-electron chi connectivity index (χ4n) is 1.57. The van der Waals surface area contributed by atoms with E-state index in [9.17, 15) is 9.59 Å². The van der Waals surface area contributed by atoms with Crippen molar-refractivity contribution in [3.05, 3.63) is 0 Å². The summed E-state index contributed by atoms with van der Waals surface area (Å²) in [5.74, 6) is 0.279. The van der Waals surface area contributed by atoms with E-state index in [1.54, 1.807) is 14.2 Å². The van der Waals surface area contributed by atoms with Gasteiger partial charge in [-0.1, -0.05) is 13.8 Å². The Hall–Kier alpha value is -1.14. The molecule has 0 bridgehead atoms. The number of rotatable bonds is 10. The van der Waals surface area contributed by atoms with Gasteiger partial charge >= 0.3 is 0 Å². The lowest BCUT2D eigenvalue weighted by Crippen LogP contribution is -2.44. The first-order chi connectivity index (χ1) is 9.42. The maximum absolute atomic E-state index is 11.8. The zero-order valence-corrected chi connectivity index (χ0v) is 13.3. The van der Waals surface area contributed by atoms with E-state index in [1.165, 1.54) is 0 Å². The van der Waals surface area contributed by atoms with Gasteiger partial charge in [0, 0.05) is 26.1 Å². The van der Waals surface area contributed by atoms with E-state index in [4.69, 9.17) is 4.74 Å². The fraction of sp³-hybridized carbons (Fsp3) is 0.857. The second kappa shape index (κ2) is 10.6. The van der Waals surface area contributed by atoms with Crippen LogP contribution in [0, 0.1) is 5.92 Å². The third kappa shape index (κ3) is 8.12. The third-order valence-electron chi connectivity index (χ3n) is 3.32. The molecule has 0 aromatic carbocycles. The summed E-state index contributed by atoms with van der Waals surface area (Å²) < 4.78 is 4.87. The highest BCUT2D eigenvalue weighted by Gasteiger charge is 2.18. The lowest BCUT2D eigenvalue weighted by atomic mass is 10.1. The topological polar surface area (TPSA) is 79.5 Å². The quantitative estimate of drug-likeness (QED) is 0.504. The minimum atomic E-state index is -0.355. The van der Waals surface area contributed by atoms with E-state index in [1.807, 2.05) is 6.92 Å². The molecule has 118 valence electrons. The highest BCUT2D eigenvalue weighted by atomic mass is 16.5. The molecule has 6 nitrogen and oxygen atoms in total. The summed E-state index contributed by atoms with van der Waals surface area (Å²) in [6.07, 6.45) is 0.812. The van der Waals surface area contributed by atoms with Gasteiger partial charge in [0.1, 0.15) is 0 Å². The Morgan fingerprint density at radius 1 is 1.20 bits per heavy atom. The molecule has 0 aromatic heterocycles. The SMILES string of the molecule is CNC(CCC(=O)NC(C)C(C)C)C(=O)NCCOC. The molecule has 0 saturated heterocycles. The molecule has 0 aliphatic carbocycles. The third-order valence-corrected chi connectivity index (χ3v) is 3.32. The Morgan fingerprint density at radius 3 is 2.35 bits per heavy atom. The van der Waals surface area contributed by atoms with E-state index in [2.05, 4.69) is 29.8 Å². The van der Waals surface area contributed by atoms with Crippen LogP contribution in [0.25, 0.3) is 0 Å². The van der Waals surface area contributed by atoms with Crippen molar-refractivity contribution in [1.82, 2.24) is 16.0 Å². The first-order valence-corrected chi connectivity index (χ1v) is 7.15. The van der Waals surface area contributed by atoms with Gasteiger partial charge < -0.3 is 20.7 Å². The number of methoxy groups -OCH3 is 1. The predicted molar refractivity (Wildman–Crippen MR) is 79.4 cm³/mol. The Labute approximate surface area is 122 Å². The average molecular weight is 287 g/mol. The molecule has 3 N–H and O–H groups in total. The highest BCUT2D eigenvalue weighted by molar-refractivity contribution is 5.83. The summed E-state index contributed by atoms with van der Waals surface area (Å²) >= 11 is 0. The first kappa shape index (κ1) is 18.9. The van der Waals surface area contributed by atoms with Crippen LogP contribution in [-0.2, 0) is 14.3 Å². The number of hydrogen-bond donors (Lipinski definition) is 3. The van der Waals surface area contributed by atoms with Crippen molar-refractivity contribution in [2.24, 2.45) is 5.92 Å². The van der Waals surface area contributed by atoms with Crippen molar-refractivity contribution in [3.63, 3.8) is 0 Å². The summed E-state index contributed by atoms with van der Waals surface area (Å²) in [6.45, 7) is 7.06. The molecule has 0 radical (unpaired) electrons. The molecule has 6 heteroatoms. The molecule has 0 spiro atoms. The maximum Gasteiger partial charge on any atom is 0.237 e. The fourth-order valence-corrected chi connectivity index (χ4v) is 1.57. The maximum atomic E-state index is 11.8. The molecular weight excluding hydrogens is 258 g/mol. The molecule has 0 aromatic rings. The standard InChI is InChI=1S/C14H29N3O3/c1-10(2)11(3)17-13(18)7-6-12(15-4)14(19)16-8-9-20-5/h10-12,15H,6-9H2,1-5H3,(H,16,19)(H,17,18). The number of carbonyl (C=O) groups is 2. The number of hydrogen-bond acceptors (Lipinski definition) is 4. The van der Waals surface area contributed by atoms with Crippen LogP contribution in [0.1, 0.15) is 33.6 Å². The minimum Gasteiger partial charge on any atom is -0.383 e. The Balaban J connectivity index is 4.05. The van der Waals surface area contributed by atoms with Crippen LogP contribution in [0.4, 0.5) is 0 Å². The predicted octanol–water partition coefficient (Wildman–Crippen LogP) is 0.278. The highest BCUT2D eigenvalue weighted by Crippen LogP contribution is 2.02. The molecule has 0 heterocycles. The lowest BCUT2D eigenvalue weighted by Gasteiger charge is -2.19. The van der Waals surface area contributed by atoms with Gasteiger partial charge in [-0.25, -0.2) is 0 Å². The van der Waals surface area contributed by atoms with Crippen molar-refractivity contribution in [2.75, 3.05) is 27.3 Å². The van der Waals surface area contributed by atoms with Crippen molar-refractivity contribution in [2.45, 2.75) is 45.7 Å². The van der Waals surface area contributed by atoms with Crippen LogP contribution in [0.5, 0.6) is 0 Å². The summed E-state index contributed by atoms with van der Waals surface area (Å²) in [5, 5.41) is 8.62. The monoisotopic (exact) mass is 287 g/mol. The van der Waals surface area contributed by atoms with E-state index < -0.39 is 0 Å². The molecule has 0 fully saturated rings. The van der Waals surface area contributed by atoms with Crippen LogP contribution in [0.15, 0.2) is 0 Å². The first-order valence-electron chi connectivity index (χ1n) is 7.15. The zero-order valence-electron chi connectivity index (χ0n) is 13.3. The van der Waals surface area contributed by atoms with Gasteiger partial charge in [0.2, 0.25) is 11.8 Å². The van der Waals surface area contributed by atoms with Crippen molar-refractivity contribution >= 4 is 11.8 Å². The largest absolute Gasteiger partial charge is 0.383 e. The van der Waals surface area contributed by atoms with Crippen molar-refractivity contribution < 1.29 is 14.3 Å². The Kier molecular flexibility index (Phi) is 10.0. The van der Waals surface area contributed by atoms with E-state index >= 15 is 0 Å². The lowest BCUT2D eigenvalue weighted by molar-refractivity contribution is -0.124. The van der Waals surface area contributed by atoms with Gasteiger partial charge in [-0.3, -0.25) is 9.59 Å². The number of carbonyl (C=O) groups excluding carboxylic acids is 2. The van der Waals surface area contributed by atoms with E-state index in [0.29, 0.717) is 31.9 Å². The van der Waals surface area contributed by atoms with Crippen molar-refractivity contribution in [3.8, 4) is 0 Å². The number of likely N-dealkylation sites (N-methyl/N-ethyl adjacent to an activating group) is 1. The number of ether oxygens (including phenoxy) is 1. The smallest absolute Gasteiger partial charge is 0.237 e. The molecule has 0 rings (SSSR count). The van der Waals surface area contributed by atoms with Crippen molar-refractivity contribution in [1.29, 1.82) is 0 Å². The van der Waals surface area contributed by atoms with E-state index in [-0.39, 0.29) is 23.9 Å². The summed E-state index contributed by atoms with van der Waals surface area (Å²) in [6, 6.07) is -0.210. The van der Waals surface area contributed by atoms with Crippen LogP contribution in [-0.4, -0.2) is 51.2 Å². The second-order valence-electron chi connectivity index (χ2n) is 5.26. The number of nitrogens with one attached hydrogen (secondary N) is 3.